The molecule has 6 heteroatoms. The molecule has 0 saturated heterocycles. The van der Waals surface area contributed by atoms with Gasteiger partial charge in [-0.05, 0) is 38.2 Å². The highest BCUT2D eigenvalue weighted by Gasteiger charge is 2.06. The first-order valence-corrected chi connectivity index (χ1v) is 5.41. The van der Waals surface area contributed by atoms with Crippen molar-refractivity contribution in [3.8, 4) is 0 Å². The third kappa shape index (κ3) is 5.86. The number of hydrogen-bond acceptors (Lipinski definition) is 2. The Hall–Kier alpha value is -0.840. The van der Waals surface area contributed by atoms with Crippen LogP contribution in [0.4, 0.5) is 10.1 Å². The van der Waals surface area contributed by atoms with Crippen LogP contribution in [0, 0.1) is 5.82 Å². The van der Waals surface area contributed by atoms with Gasteiger partial charge in [-0.1, -0.05) is 11.6 Å². The average molecular weight is 281 g/mol. The van der Waals surface area contributed by atoms with Crippen LogP contribution in [0.15, 0.2) is 18.2 Å². The molecule has 96 valence electrons. The van der Waals surface area contributed by atoms with Crippen molar-refractivity contribution in [1.82, 2.24) is 5.32 Å². The summed E-state index contributed by atoms with van der Waals surface area (Å²) in [5.74, 6) is -0.717. The molecular formula is C11H15Cl2FN2O. The molecule has 0 aliphatic heterocycles. The zero-order chi connectivity index (χ0) is 12.0. The van der Waals surface area contributed by atoms with E-state index in [0.29, 0.717) is 11.4 Å². The van der Waals surface area contributed by atoms with E-state index in [1.165, 1.54) is 18.2 Å². The quantitative estimate of drug-likeness (QED) is 0.815. The Balaban J connectivity index is 0.00000256. The van der Waals surface area contributed by atoms with E-state index in [9.17, 15) is 9.18 Å². The predicted octanol–water partition coefficient (Wildman–Crippen LogP) is 2.84. The van der Waals surface area contributed by atoms with Crippen LogP contribution in [0.5, 0.6) is 0 Å². The largest absolute Gasteiger partial charge is 0.324 e. The van der Waals surface area contributed by atoms with E-state index in [1.54, 1.807) is 0 Å². The van der Waals surface area contributed by atoms with Crippen molar-refractivity contribution in [2.24, 2.45) is 0 Å². The molecule has 0 aliphatic rings. The fourth-order valence-electron chi connectivity index (χ4n) is 1.23. The first-order valence-electron chi connectivity index (χ1n) is 5.03. The highest BCUT2D eigenvalue weighted by atomic mass is 35.5. The lowest BCUT2D eigenvalue weighted by Gasteiger charge is -2.06. The Morgan fingerprint density at radius 2 is 2.18 bits per heavy atom. The summed E-state index contributed by atoms with van der Waals surface area (Å²) in [6.45, 7) is 0.760. The topological polar surface area (TPSA) is 41.1 Å². The second-order valence-corrected chi connectivity index (χ2v) is 3.82. The fourth-order valence-corrected chi connectivity index (χ4v) is 1.39. The molecule has 0 spiro atoms. The molecule has 0 bridgehead atoms. The molecule has 0 saturated carbocycles. The van der Waals surface area contributed by atoms with Crippen molar-refractivity contribution in [3.63, 3.8) is 0 Å². The normalized spacial score (nSPS) is 9.59. The maximum Gasteiger partial charge on any atom is 0.224 e. The van der Waals surface area contributed by atoms with Crippen molar-refractivity contribution >= 4 is 35.6 Å². The summed E-state index contributed by atoms with van der Waals surface area (Å²) < 4.78 is 13.3. The van der Waals surface area contributed by atoms with Crippen LogP contribution in [-0.4, -0.2) is 19.5 Å². The zero-order valence-electron chi connectivity index (χ0n) is 9.43. The molecule has 0 fully saturated rings. The van der Waals surface area contributed by atoms with Crippen LogP contribution in [0.3, 0.4) is 0 Å². The number of rotatable bonds is 5. The van der Waals surface area contributed by atoms with Crippen molar-refractivity contribution in [3.05, 3.63) is 29.0 Å². The van der Waals surface area contributed by atoms with E-state index < -0.39 is 5.82 Å². The first-order chi connectivity index (χ1) is 7.63. The van der Waals surface area contributed by atoms with Crippen LogP contribution in [0.1, 0.15) is 12.8 Å². The molecule has 1 rings (SSSR count). The van der Waals surface area contributed by atoms with E-state index in [1.807, 2.05) is 7.05 Å². The minimum atomic E-state index is -0.519. The number of halogens is 3. The van der Waals surface area contributed by atoms with Crippen molar-refractivity contribution < 1.29 is 9.18 Å². The molecule has 0 radical (unpaired) electrons. The first kappa shape index (κ1) is 16.2. The summed E-state index contributed by atoms with van der Waals surface area (Å²) in [5.41, 5.74) is 0.166. The van der Waals surface area contributed by atoms with Crippen LogP contribution in [0.2, 0.25) is 5.02 Å². The number of benzene rings is 1. The lowest BCUT2D eigenvalue weighted by atomic mass is 10.2. The molecule has 17 heavy (non-hydrogen) atoms. The predicted molar refractivity (Wildman–Crippen MR) is 70.4 cm³/mol. The average Bonchev–Trinajstić information content (AvgIpc) is 2.23. The Morgan fingerprint density at radius 1 is 1.47 bits per heavy atom. The molecule has 1 aromatic carbocycles. The van der Waals surface area contributed by atoms with Gasteiger partial charge in [0.05, 0.1) is 5.69 Å². The van der Waals surface area contributed by atoms with Crippen LogP contribution >= 0.6 is 24.0 Å². The fraction of sp³-hybridized carbons (Fsp3) is 0.364. The summed E-state index contributed by atoms with van der Waals surface area (Å²) in [6.07, 6.45) is 1.08. The molecule has 0 unspecified atom stereocenters. The van der Waals surface area contributed by atoms with Gasteiger partial charge in [0.2, 0.25) is 5.91 Å². The number of carbonyl (C=O) groups is 1. The van der Waals surface area contributed by atoms with Gasteiger partial charge in [-0.3, -0.25) is 4.79 Å². The van der Waals surface area contributed by atoms with Gasteiger partial charge < -0.3 is 10.6 Å². The number of carbonyl (C=O) groups excluding carboxylic acids is 1. The smallest absolute Gasteiger partial charge is 0.224 e. The molecule has 0 aliphatic carbocycles. The Morgan fingerprint density at radius 3 is 2.76 bits per heavy atom. The maximum atomic E-state index is 13.3. The number of amides is 1. The molecule has 0 atom stereocenters. The van der Waals surface area contributed by atoms with Gasteiger partial charge in [-0.25, -0.2) is 4.39 Å². The molecule has 1 amide bonds. The number of anilines is 1. The minimum Gasteiger partial charge on any atom is -0.324 e. The molecule has 1 aromatic rings. The zero-order valence-corrected chi connectivity index (χ0v) is 11.0. The minimum absolute atomic E-state index is 0. The lowest BCUT2D eigenvalue weighted by molar-refractivity contribution is -0.116. The molecule has 3 nitrogen and oxygen atoms in total. The Kier molecular flexibility index (Phi) is 7.87. The molecular weight excluding hydrogens is 266 g/mol. The van der Waals surface area contributed by atoms with Gasteiger partial charge in [0.15, 0.2) is 0 Å². The Labute approximate surface area is 111 Å². The second kappa shape index (κ2) is 8.28. The maximum absolute atomic E-state index is 13.3. The van der Waals surface area contributed by atoms with Gasteiger partial charge in [0, 0.05) is 11.4 Å². The number of hydrogen-bond donors (Lipinski definition) is 2. The van der Waals surface area contributed by atoms with Crippen molar-refractivity contribution in [1.29, 1.82) is 0 Å². The summed E-state index contributed by atoms with van der Waals surface area (Å²) in [7, 11) is 1.82. The van der Waals surface area contributed by atoms with Gasteiger partial charge >= 0.3 is 0 Å². The molecule has 0 aromatic heterocycles. The van der Waals surface area contributed by atoms with Crippen LogP contribution in [-0.2, 0) is 4.79 Å². The van der Waals surface area contributed by atoms with E-state index in [0.717, 1.165) is 13.0 Å². The third-order valence-corrected chi connectivity index (χ3v) is 2.27. The van der Waals surface area contributed by atoms with Gasteiger partial charge in [0.1, 0.15) is 5.82 Å². The van der Waals surface area contributed by atoms with E-state index in [-0.39, 0.29) is 24.0 Å². The standard InChI is InChI=1S/C11H14ClFN2O.ClH/c1-14-6-2-3-11(16)15-10-5-4-8(12)7-9(10)13;/h4-5,7,14H,2-3,6H2,1H3,(H,15,16);1H. The number of nitrogens with one attached hydrogen (secondary N) is 2. The SMILES string of the molecule is CNCCCC(=O)Nc1ccc(Cl)cc1F.Cl. The highest BCUT2D eigenvalue weighted by molar-refractivity contribution is 6.30. The Bertz CT molecular complexity index is 374. The summed E-state index contributed by atoms with van der Waals surface area (Å²) in [6, 6.07) is 4.16. The van der Waals surface area contributed by atoms with Crippen molar-refractivity contribution in [2.75, 3.05) is 18.9 Å². The second-order valence-electron chi connectivity index (χ2n) is 3.38. The van der Waals surface area contributed by atoms with E-state index in [4.69, 9.17) is 11.6 Å². The summed E-state index contributed by atoms with van der Waals surface area (Å²) in [4.78, 5) is 11.4. The monoisotopic (exact) mass is 280 g/mol. The van der Waals surface area contributed by atoms with Crippen LogP contribution < -0.4 is 10.6 Å². The van der Waals surface area contributed by atoms with E-state index >= 15 is 0 Å². The van der Waals surface area contributed by atoms with Gasteiger partial charge in [0.25, 0.3) is 0 Å². The van der Waals surface area contributed by atoms with Gasteiger partial charge in [-0.2, -0.15) is 0 Å². The molecule has 0 heterocycles. The van der Waals surface area contributed by atoms with Gasteiger partial charge in [-0.15, -0.1) is 12.4 Å². The molecule has 2 N–H and O–H groups in total. The summed E-state index contributed by atoms with van der Waals surface area (Å²) >= 11 is 5.59. The van der Waals surface area contributed by atoms with Crippen LogP contribution in [0.25, 0.3) is 0 Å². The van der Waals surface area contributed by atoms with Crippen molar-refractivity contribution in [2.45, 2.75) is 12.8 Å². The summed E-state index contributed by atoms with van der Waals surface area (Å²) in [5, 5.41) is 5.74. The lowest BCUT2D eigenvalue weighted by Crippen LogP contribution is -2.15. The third-order valence-electron chi connectivity index (χ3n) is 2.04. The van der Waals surface area contributed by atoms with E-state index in [2.05, 4.69) is 10.6 Å². The highest BCUT2D eigenvalue weighted by Crippen LogP contribution is 2.18.